The standard InChI is InChI=1S/C64H110N4O27/c1-39(2)32-64(36-87-26-19-43(75)14-8-6-10-16-46(78)22-29-90-61-52(66-40(3)72)58(84)55(81)48(33-69)93-61,37-88-27-20-44(76)15-9-7-11-17-47(79)23-30-91-62-53(67-41(4)73)59(85)56(82)49(34-70)94-62)38-89-28-21-45(77)18-12-13-25-65-51(80)24-31-92-63-54(68-42(5)74)60(86)57(83)50(35-71)95-63/h39,48-50,52-63,69-71,81-86H,6-38H2,1-5H3,(H,65,80)(H,66,72)(H,67,73)(H,68,74)/t48?,49?,50?,52?,53?,54?,55-,56-,57-,58+,59+,60+,61+,62+,63+,64?/m0/s1. The Labute approximate surface area is 556 Å². The molecule has 6 unspecified atom stereocenters. The minimum Gasteiger partial charge on any atom is -0.394 e. The minimum absolute atomic E-state index is 0.00972. The lowest BCUT2D eigenvalue weighted by atomic mass is 9.82. The predicted molar refractivity (Wildman–Crippen MR) is 334 cm³/mol. The molecule has 3 rings (SSSR count). The molecule has 4 amide bonds. The molecule has 3 saturated heterocycles. The molecule has 0 bridgehead atoms. The van der Waals surface area contributed by atoms with Crippen molar-refractivity contribution in [3.63, 3.8) is 0 Å². The summed E-state index contributed by atoms with van der Waals surface area (Å²) in [5.41, 5.74) is -0.728. The van der Waals surface area contributed by atoms with Crippen molar-refractivity contribution < 1.29 is 132 Å². The zero-order valence-electron chi connectivity index (χ0n) is 55.9. The number of aliphatic hydroxyl groups excluding tert-OH is 9. The molecular weight excluding hydrogens is 1260 g/mol. The molecule has 3 aliphatic heterocycles. The highest BCUT2D eigenvalue weighted by atomic mass is 16.7. The first kappa shape index (κ1) is 84.7. The monoisotopic (exact) mass is 1370 g/mol. The summed E-state index contributed by atoms with van der Waals surface area (Å²) in [5, 5.41) is 101. The zero-order valence-corrected chi connectivity index (χ0v) is 55.9. The average molecular weight is 1370 g/mol. The highest BCUT2D eigenvalue weighted by molar-refractivity contribution is 5.80. The Hall–Kier alpha value is -4.49. The van der Waals surface area contributed by atoms with Crippen LogP contribution in [0.25, 0.3) is 0 Å². The molecule has 95 heavy (non-hydrogen) atoms. The third-order valence-electron chi connectivity index (χ3n) is 16.4. The van der Waals surface area contributed by atoms with E-state index in [9.17, 15) is 89.1 Å². The second-order valence-electron chi connectivity index (χ2n) is 25.3. The molecule has 0 saturated carbocycles. The maximum absolute atomic E-state index is 13.0. The Bertz CT molecular complexity index is 2070. The molecule has 0 radical (unpaired) electrons. The van der Waals surface area contributed by atoms with Gasteiger partial charge in [-0.25, -0.2) is 0 Å². The third-order valence-corrected chi connectivity index (χ3v) is 16.4. The number of ketones is 5. The lowest BCUT2D eigenvalue weighted by Crippen LogP contribution is -2.64. The maximum Gasteiger partial charge on any atom is 0.222 e. The van der Waals surface area contributed by atoms with Gasteiger partial charge in [0.1, 0.15) is 102 Å². The van der Waals surface area contributed by atoms with Crippen LogP contribution in [0.1, 0.15) is 163 Å². The van der Waals surface area contributed by atoms with Crippen LogP contribution in [0, 0.1) is 11.3 Å². The molecule has 0 aromatic rings. The van der Waals surface area contributed by atoms with E-state index in [1.165, 1.54) is 20.8 Å². The maximum atomic E-state index is 13.0. The zero-order chi connectivity index (χ0) is 70.5. The second-order valence-corrected chi connectivity index (χ2v) is 25.3. The van der Waals surface area contributed by atoms with Crippen LogP contribution in [-0.2, 0) is 85.8 Å². The van der Waals surface area contributed by atoms with Gasteiger partial charge >= 0.3 is 0 Å². The molecule has 548 valence electrons. The Kier molecular flexibility index (Phi) is 41.7. The van der Waals surface area contributed by atoms with Gasteiger partial charge in [0.2, 0.25) is 23.6 Å². The van der Waals surface area contributed by atoms with E-state index in [0.29, 0.717) is 57.8 Å². The molecular formula is C64H110N4O27. The molecule has 31 nitrogen and oxygen atoms in total. The second kappa shape index (κ2) is 46.7. The van der Waals surface area contributed by atoms with Crippen LogP contribution in [0.2, 0.25) is 0 Å². The van der Waals surface area contributed by atoms with E-state index in [2.05, 4.69) is 21.3 Å². The van der Waals surface area contributed by atoms with Crippen LogP contribution >= 0.6 is 0 Å². The van der Waals surface area contributed by atoms with E-state index in [4.69, 9.17) is 42.6 Å². The molecule has 31 heteroatoms. The predicted octanol–water partition coefficient (Wildman–Crippen LogP) is -1.68. The average Bonchev–Trinajstić information content (AvgIpc) is 0.831. The van der Waals surface area contributed by atoms with Gasteiger partial charge < -0.3 is 110 Å². The number of unbranched alkanes of at least 4 members (excludes halogenated alkanes) is 5. The summed E-state index contributed by atoms with van der Waals surface area (Å²) in [7, 11) is 0. The van der Waals surface area contributed by atoms with Crippen molar-refractivity contribution in [1.82, 2.24) is 21.3 Å². The quantitative estimate of drug-likeness (QED) is 0.0303. The van der Waals surface area contributed by atoms with Gasteiger partial charge in [-0.2, -0.15) is 0 Å². The molecule has 3 fully saturated rings. The number of carbonyl (C=O) groups excluding carboxylic acids is 9. The largest absolute Gasteiger partial charge is 0.394 e. The van der Waals surface area contributed by atoms with Crippen molar-refractivity contribution in [3.05, 3.63) is 0 Å². The number of rotatable bonds is 52. The summed E-state index contributed by atoms with van der Waals surface area (Å²) in [4.78, 5) is 112. The van der Waals surface area contributed by atoms with E-state index in [-0.39, 0.29) is 177 Å². The molecule has 0 spiro atoms. The number of carbonyl (C=O) groups is 9. The van der Waals surface area contributed by atoms with Gasteiger partial charge in [-0.05, 0) is 50.9 Å². The van der Waals surface area contributed by atoms with Gasteiger partial charge in [-0.3, -0.25) is 43.2 Å². The van der Waals surface area contributed by atoms with Gasteiger partial charge in [-0.15, -0.1) is 0 Å². The van der Waals surface area contributed by atoms with Crippen molar-refractivity contribution in [3.8, 4) is 0 Å². The van der Waals surface area contributed by atoms with Gasteiger partial charge in [0, 0.05) is 96.9 Å². The van der Waals surface area contributed by atoms with Crippen LogP contribution in [0.5, 0.6) is 0 Å². The lowest BCUT2D eigenvalue weighted by Gasteiger charge is -2.42. The molecule has 0 aromatic carbocycles. The number of amides is 4. The fourth-order valence-electron chi connectivity index (χ4n) is 11.3. The SMILES string of the molecule is CC(=O)NC1[C@H](OCCC(=O)CCCCCC(=O)CCOCC(COCCC(=O)CCCCCC(=O)CCO[C@@H]2OC(CO)[C@H](O)[C@H](O)C2NC(C)=O)(COCCC(=O)CCCCNC(=O)CCO[C@@H]2OC(CO)[C@H](O)[C@H](O)C2NC(C)=O)CC(C)C)OC(CO)[C@H](O)[C@@H]1O. The van der Waals surface area contributed by atoms with Gasteiger partial charge in [0.05, 0.1) is 85.7 Å². The Morgan fingerprint density at radius 2 is 0.674 bits per heavy atom. The Balaban J connectivity index is 1.44. The molecule has 3 aliphatic rings. The Morgan fingerprint density at radius 3 is 0.958 bits per heavy atom. The van der Waals surface area contributed by atoms with Crippen LogP contribution in [0.15, 0.2) is 0 Å². The van der Waals surface area contributed by atoms with Crippen molar-refractivity contribution in [2.24, 2.45) is 11.3 Å². The first-order valence-corrected chi connectivity index (χ1v) is 33.4. The first-order valence-electron chi connectivity index (χ1n) is 33.4. The third kappa shape index (κ3) is 32.8. The highest BCUT2D eigenvalue weighted by Gasteiger charge is 2.48. The highest BCUT2D eigenvalue weighted by Crippen LogP contribution is 2.30. The summed E-state index contributed by atoms with van der Waals surface area (Å²) in [6, 6.07) is -3.39. The van der Waals surface area contributed by atoms with Crippen molar-refractivity contribution in [1.29, 1.82) is 0 Å². The smallest absolute Gasteiger partial charge is 0.222 e. The number of nitrogens with one attached hydrogen (secondary N) is 4. The van der Waals surface area contributed by atoms with Crippen molar-refractivity contribution >= 4 is 52.5 Å². The normalized spacial score (nSPS) is 26.7. The molecule has 0 aliphatic carbocycles. The van der Waals surface area contributed by atoms with Crippen molar-refractivity contribution in [2.45, 2.75) is 255 Å². The van der Waals surface area contributed by atoms with Gasteiger partial charge in [0.15, 0.2) is 18.9 Å². The van der Waals surface area contributed by atoms with Crippen LogP contribution in [0.3, 0.4) is 0 Å². The summed E-state index contributed by atoms with van der Waals surface area (Å²) in [6.45, 7) is 6.57. The topological polar surface area (TPSA) is 467 Å². The summed E-state index contributed by atoms with van der Waals surface area (Å²) >= 11 is 0. The number of Topliss-reactive ketones (excluding diaryl/α,β-unsaturated/α-hetero) is 5. The molecule has 0 aromatic heterocycles. The summed E-state index contributed by atoms with van der Waals surface area (Å²) < 4.78 is 52.0. The van der Waals surface area contributed by atoms with Crippen molar-refractivity contribution in [2.75, 3.05) is 85.8 Å². The number of hydrogen-bond donors (Lipinski definition) is 13. The summed E-state index contributed by atoms with van der Waals surface area (Å²) in [5.74, 6) is -2.07. The van der Waals surface area contributed by atoms with Crippen LogP contribution in [0.4, 0.5) is 0 Å². The molecule has 3 heterocycles. The first-order chi connectivity index (χ1) is 45.2. The van der Waals surface area contributed by atoms with E-state index in [1.807, 2.05) is 13.8 Å². The fourth-order valence-corrected chi connectivity index (χ4v) is 11.3. The molecule has 13 N–H and O–H groups in total. The van der Waals surface area contributed by atoms with Gasteiger partial charge in [0.25, 0.3) is 0 Å². The summed E-state index contributed by atoms with van der Waals surface area (Å²) in [6.07, 6.45) is -9.50. The fraction of sp³-hybridized carbons (Fsp3) is 0.859. The van der Waals surface area contributed by atoms with Crippen LogP contribution < -0.4 is 21.3 Å². The molecule has 15 atom stereocenters. The van der Waals surface area contributed by atoms with E-state index >= 15 is 0 Å². The van der Waals surface area contributed by atoms with Gasteiger partial charge in [-0.1, -0.05) is 26.7 Å². The minimum atomic E-state index is -1.49. The Morgan fingerprint density at radius 1 is 0.389 bits per heavy atom. The number of hydrogen-bond acceptors (Lipinski definition) is 27. The van der Waals surface area contributed by atoms with Crippen LogP contribution in [-0.4, -0.2) is 276 Å². The number of aliphatic hydroxyl groups is 9. The lowest BCUT2D eigenvalue weighted by molar-refractivity contribution is -0.270. The van der Waals surface area contributed by atoms with E-state index in [0.717, 1.165) is 0 Å². The van der Waals surface area contributed by atoms with E-state index < -0.39 is 135 Å². The van der Waals surface area contributed by atoms with E-state index in [1.54, 1.807) is 0 Å². The number of ether oxygens (including phenoxy) is 9.